The van der Waals surface area contributed by atoms with Gasteiger partial charge in [-0.05, 0) is 54.8 Å². The van der Waals surface area contributed by atoms with Crippen LogP contribution in [0, 0.1) is 6.92 Å². The van der Waals surface area contributed by atoms with Gasteiger partial charge in [0.15, 0.2) is 11.5 Å². The molecule has 3 aromatic carbocycles. The molecular formula is C30H35N6O4P. The van der Waals surface area contributed by atoms with Gasteiger partial charge in [-0.15, -0.1) is 0 Å². The number of nitrogens with two attached hydrogens (primary N) is 1. The van der Waals surface area contributed by atoms with E-state index in [9.17, 15) is 4.57 Å². The van der Waals surface area contributed by atoms with Gasteiger partial charge in [0.2, 0.25) is 0 Å². The first kappa shape index (κ1) is 28.7. The lowest BCUT2D eigenvalue weighted by Gasteiger charge is -2.26. The molecule has 0 bridgehead atoms. The second kappa shape index (κ2) is 12.8. The summed E-state index contributed by atoms with van der Waals surface area (Å²) in [4.78, 5) is 12.6. The standard InChI is InChI=1S/C30H35N6O4P/c1-21-13-14-24-9-7-8-12-26(24)27(21)17-38-16-22(2)35-41(37,40-25-10-5-4-6-11-25)20-39-23(3)15-36-19-34-28-29(31)32-18-33-30(28)36/h4-14,18-19,22-23H,15-17,20H2,1-3H3,(H,35,37)(H2,31,32,33)/t22?,23-,41?/m1/s1. The molecule has 0 saturated carbocycles. The highest BCUT2D eigenvalue weighted by molar-refractivity contribution is 7.57. The number of fused-ring (bicyclic) bond motifs is 2. The number of aryl methyl sites for hydroxylation is 1. The van der Waals surface area contributed by atoms with E-state index in [1.165, 1.54) is 22.7 Å². The van der Waals surface area contributed by atoms with Crippen LogP contribution in [0.25, 0.3) is 21.9 Å². The van der Waals surface area contributed by atoms with Gasteiger partial charge in [-0.25, -0.2) is 20.0 Å². The second-order valence-electron chi connectivity index (χ2n) is 10.1. The Hall–Kier alpha value is -3.82. The fourth-order valence-corrected chi connectivity index (χ4v) is 6.52. The van der Waals surface area contributed by atoms with Crippen molar-refractivity contribution in [3.63, 3.8) is 0 Å². The van der Waals surface area contributed by atoms with E-state index in [0.717, 1.165) is 5.56 Å². The van der Waals surface area contributed by atoms with Gasteiger partial charge in [0.05, 0.1) is 32.2 Å². The summed E-state index contributed by atoms with van der Waals surface area (Å²) in [6.07, 6.45) is 2.59. The first-order valence-corrected chi connectivity index (χ1v) is 15.3. The largest absolute Gasteiger partial charge is 0.431 e. The summed E-state index contributed by atoms with van der Waals surface area (Å²) in [7, 11) is -3.48. The first-order valence-electron chi connectivity index (χ1n) is 13.5. The van der Waals surface area contributed by atoms with Crippen LogP contribution in [0.3, 0.4) is 0 Å². The number of hydrogen-bond acceptors (Lipinski definition) is 8. The number of rotatable bonds is 13. The van der Waals surface area contributed by atoms with Crippen LogP contribution in [0.4, 0.5) is 5.82 Å². The van der Waals surface area contributed by atoms with E-state index in [4.69, 9.17) is 19.7 Å². The van der Waals surface area contributed by atoms with E-state index in [1.54, 1.807) is 18.5 Å². The molecule has 0 fully saturated rings. The number of para-hydroxylation sites is 1. The quantitative estimate of drug-likeness (QED) is 0.170. The van der Waals surface area contributed by atoms with Crippen LogP contribution in [0.5, 0.6) is 5.75 Å². The van der Waals surface area contributed by atoms with Crippen molar-refractivity contribution in [2.24, 2.45) is 0 Å². The summed E-state index contributed by atoms with van der Waals surface area (Å²) in [6.45, 7) is 7.11. The number of nitrogen functional groups attached to an aromatic ring is 1. The van der Waals surface area contributed by atoms with E-state index >= 15 is 0 Å². The zero-order chi connectivity index (χ0) is 28.8. The Morgan fingerprint density at radius 3 is 2.61 bits per heavy atom. The highest BCUT2D eigenvalue weighted by atomic mass is 31.2. The van der Waals surface area contributed by atoms with Crippen molar-refractivity contribution in [3.8, 4) is 5.75 Å². The summed E-state index contributed by atoms with van der Waals surface area (Å²) < 4.78 is 34.0. The minimum atomic E-state index is -3.48. The van der Waals surface area contributed by atoms with Crippen LogP contribution in [0.1, 0.15) is 25.0 Å². The Morgan fingerprint density at radius 2 is 1.78 bits per heavy atom. The topological polar surface area (TPSA) is 126 Å². The summed E-state index contributed by atoms with van der Waals surface area (Å²) in [5.41, 5.74) is 9.37. The molecule has 3 N–H and O–H groups in total. The Labute approximate surface area is 239 Å². The van der Waals surface area contributed by atoms with Crippen LogP contribution in [-0.2, 0) is 27.2 Å². The molecule has 0 aliphatic rings. The lowest BCUT2D eigenvalue weighted by atomic mass is 10.0. The van der Waals surface area contributed by atoms with Gasteiger partial charge < -0.3 is 24.3 Å². The Bertz CT molecular complexity index is 1660. The van der Waals surface area contributed by atoms with Crippen molar-refractivity contribution in [1.29, 1.82) is 0 Å². The van der Waals surface area contributed by atoms with E-state index < -0.39 is 7.52 Å². The minimum absolute atomic E-state index is 0.139. The SMILES string of the molecule is Cc1ccc2ccccc2c1COCC(C)NP(=O)(CO[C@H](C)Cn1cnc2c(N)ncnc21)Oc1ccccc1. The minimum Gasteiger partial charge on any atom is -0.431 e. The van der Waals surface area contributed by atoms with Crippen LogP contribution in [0.2, 0.25) is 0 Å². The third kappa shape index (κ3) is 7.10. The molecule has 0 radical (unpaired) electrons. The molecule has 0 aliphatic carbocycles. The van der Waals surface area contributed by atoms with Crippen molar-refractivity contribution in [2.45, 2.75) is 46.1 Å². The number of ether oxygens (including phenoxy) is 2. The van der Waals surface area contributed by atoms with Gasteiger partial charge in [0.25, 0.3) is 0 Å². The van der Waals surface area contributed by atoms with Gasteiger partial charge in [0, 0.05) is 6.04 Å². The predicted octanol–water partition coefficient (Wildman–Crippen LogP) is 5.70. The molecule has 0 amide bonds. The molecule has 2 aromatic heterocycles. The fourth-order valence-electron chi connectivity index (χ4n) is 4.68. The smallest absolute Gasteiger partial charge is 0.342 e. The molecule has 0 spiro atoms. The third-order valence-electron chi connectivity index (χ3n) is 6.71. The van der Waals surface area contributed by atoms with Crippen LogP contribution >= 0.6 is 7.52 Å². The van der Waals surface area contributed by atoms with Crippen molar-refractivity contribution in [1.82, 2.24) is 24.6 Å². The maximum Gasteiger partial charge on any atom is 0.342 e. The van der Waals surface area contributed by atoms with Crippen LogP contribution in [-0.4, -0.2) is 44.6 Å². The molecule has 10 nitrogen and oxygen atoms in total. The Kier molecular flexibility index (Phi) is 8.95. The van der Waals surface area contributed by atoms with E-state index in [1.807, 2.05) is 48.7 Å². The lowest BCUT2D eigenvalue weighted by Crippen LogP contribution is -2.32. The molecule has 41 heavy (non-hydrogen) atoms. The third-order valence-corrected chi connectivity index (χ3v) is 8.54. The van der Waals surface area contributed by atoms with Gasteiger partial charge in [-0.2, -0.15) is 0 Å². The predicted molar refractivity (Wildman–Crippen MR) is 161 cm³/mol. The molecule has 2 unspecified atom stereocenters. The van der Waals surface area contributed by atoms with Crippen molar-refractivity contribution >= 4 is 35.3 Å². The van der Waals surface area contributed by atoms with E-state index in [-0.39, 0.29) is 18.5 Å². The number of aromatic nitrogens is 4. The average molecular weight is 575 g/mol. The Balaban J connectivity index is 1.22. The van der Waals surface area contributed by atoms with Crippen LogP contribution in [0.15, 0.2) is 79.4 Å². The molecule has 3 atom stereocenters. The number of imidazole rings is 1. The summed E-state index contributed by atoms with van der Waals surface area (Å²) >= 11 is 0. The highest BCUT2D eigenvalue weighted by Crippen LogP contribution is 2.44. The molecule has 0 saturated heterocycles. The maximum absolute atomic E-state index is 14.0. The number of nitrogens with zero attached hydrogens (tertiary/aromatic N) is 4. The molecule has 214 valence electrons. The molecule has 11 heteroatoms. The number of anilines is 1. The van der Waals surface area contributed by atoms with Gasteiger partial charge in [0.1, 0.15) is 23.9 Å². The Morgan fingerprint density at radius 1 is 1.00 bits per heavy atom. The lowest BCUT2D eigenvalue weighted by molar-refractivity contribution is 0.0800. The van der Waals surface area contributed by atoms with Crippen molar-refractivity contribution in [3.05, 3.63) is 90.5 Å². The number of benzene rings is 3. The molecule has 2 heterocycles. The molecule has 5 aromatic rings. The normalized spacial score (nSPS) is 14.6. The molecular weight excluding hydrogens is 539 g/mol. The second-order valence-corrected chi connectivity index (χ2v) is 12.2. The highest BCUT2D eigenvalue weighted by Gasteiger charge is 2.29. The summed E-state index contributed by atoms with van der Waals surface area (Å²) in [6, 6.07) is 21.3. The van der Waals surface area contributed by atoms with Gasteiger partial charge in [-0.3, -0.25) is 4.57 Å². The van der Waals surface area contributed by atoms with Gasteiger partial charge >= 0.3 is 7.52 Å². The maximum atomic E-state index is 14.0. The average Bonchev–Trinajstić information content (AvgIpc) is 3.37. The zero-order valence-corrected chi connectivity index (χ0v) is 24.3. The van der Waals surface area contributed by atoms with Crippen LogP contribution < -0.4 is 15.3 Å². The molecule has 0 aliphatic heterocycles. The van der Waals surface area contributed by atoms with E-state index in [2.05, 4.69) is 51.2 Å². The number of nitrogens with one attached hydrogen (secondary N) is 1. The first-order chi connectivity index (χ1) is 19.8. The molecule has 5 rings (SSSR count). The van der Waals surface area contributed by atoms with Gasteiger partial charge in [-0.1, -0.05) is 54.6 Å². The van der Waals surface area contributed by atoms with E-state index in [0.29, 0.717) is 42.5 Å². The summed E-state index contributed by atoms with van der Waals surface area (Å²) in [5.74, 6) is 0.811. The van der Waals surface area contributed by atoms with Crippen molar-refractivity contribution < 1.29 is 18.6 Å². The fraction of sp³-hybridized carbons (Fsp3) is 0.300. The zero-order valence-electron chi connectivity index (χ0n) is 23.4. The van der Waals surface area contributed by atoms with Crippen molar-refractivity contribution in [2.75, 3.05) is 18.7 Å². The summed E-state index contributed by atoms with van der Waals surface area (Å²) in [5, 5.41) is 5.51. The monoisotopic (exact) mass is 574 g/mol. The number of hydrogen-bond donors (Lipinski definition) is 2.